The van der Waals surface area contributed by atoms with E-state index in [0.717, 1.165) is 0 Å². The second kappa shape index (κ2) is 2.99. The Hall–Kier alpha value is -0.160. The predicted molar refractivity (Wildman–Crippen MR) is 24.8 cm³/mol. The molecule has 4 heteroatoms. The summed E-state index contributed by atoms with van der Waals surface area (Å²) < 4.78 is 0. The van der Waals surface area contributed by atoms with Gasteiger partial charge in [-0.05, 0) is 6.92 Å². The van der Waals surface area contributed by atoms with Crippen LogP contribution in [0.1, 0.15) is 6.92 Å². The van der Waals surface area contributed by atoms with Gasteiger partial charge in [-0.15, -0.1) is 0 Å². The van der Waals surface area contributed by atoms with E-state index >= 15 is 0 Å². The Morgan fingerprint density at radius 1 is 1.25 bits per heavy atom. The molecule has 4 N–H and O–H groups in total. The molecule has 0 amide bonds. The first-order valence-electron chi connectivity index (χ1n) is 2.16. The maximum Gasteiger partial charge on any atom is 0.250 e. The van der Waals surface area contributed by atoms with Gasteiger partial charge in [0.05, 0.1) is 6.10 Å². The molecule has 0 saturated carbocycles. The highest BCUT2D eigenvalue weighted by atomic mass is 16.5. The van der Waals surface area contributed by atoms with E-state index in [4.69, 9.17) is 20.4 Å². The van der Waals surface area contributed by atoms with Crippen LogP contribution >= 0.6 is 0 Å². The van der Waals surface area contributed by atoms with Crippen LogP contribution in [0.4, 0.5) is 0 Å². The lowest BCUT2D eigenvalue weighted by Crippen LogP contribution is -2.29. The Morgan fingerprint density at radius 2 is 1.62 bits per heavy atom. The smallest absolute Gasteiger partial charge is 0.250 e. The molecular weight excluding hydrogens is 112 g/mol. The lowest BCUT2D eigenvalue weighted by molar-refractivity contribution is -0.0721. The highest BCUT2D eigenvalue weighted by Crippen LogP contribution is 2.00. The summed E-state index contributed by atoms with van der Waals surface area (Å²) in [5.41, 5.74) is 0. The average Bonchev–Trinajstić information content (AvgIpc) is 1.64. The molecule has 2 unspecified atom stereocenters. The molecule has 0 aromatic rings. The molecule has 0 heterocycles. The van der Waals surface area contributed by atoms with Gasteiger partial charge >= 0.3 is 0 Å². The minimum absolute atomic E-state index is 1.14. The van der Waals surface area contributed by atoms with Gasteiger partial charge in [0.1, 0.15) is 6.10 Å². The minimum atomic E-state index is -1.55. The van der Waals surface area contributed by atoms with Crippen molar-refractivity contribution in [2.24, 2.45) is 0 Å². The highest BCUT2D eigenvalue weighted by molar-refractivity contribution is 4.75. The normalized spacial score (nSPS) is 18.8. The lowest BCUT2D eigenvalue weighted by atomic mass is 10.2. The molecule has 0 spiro atoms. The molecule has 0 rings (SSSR count). The predicted octanol–water partition coefficient (Wildman–Crippen LogP) is -1.04. The Kier molecular flexibility index (Phi) is 2.93. The minimum Gasteiger partial charge on any atom is -0.390 e. The van der Waals surface area contributed by atoms with E-state index in [2.05, 4.69) is 0 Å². The molecular formula is C4H9O4. The number of aliphatic hydroxyl groups excluding tert-OH is 3. The monoisotopic (exact) mass is 121 g/mol. The molecule has 0 fully saturated rings. The van der Waals surface area contributed by atoms with Gasteiger partial charge in [0.25, 0.3) is 6.29 Å². The molecule has 4 nitrogen and oxygen atoms in total. The van der Waals surface area contributed by atoms with Gasteiger partial charge in [0.2, 0.25) is 0 Å². The summed E-state index contributed by atoms with van der Waals surface area (Å²) in [5, 5.41) is 32.9. The summed E-state index contributed by atoms with van der Waals surface area (Å²) in [6, 6.07) is 0. The number of aliphatic hydroxyl groups is 4. The van der Waals surface area contributed by atoms with Gasteiger partial charge in [-0.3, -0.25) is 0 Å². The van der Waals surface area contributed by atoms with Gasteiger partial charge in [-0.2, -0.15) is 0 Å². The van der Waals surface area contributed by atoms with Crippen molar-refractivity contribution in [3.05, 3.63) is 6.29 Å². The molecule has 0 aliphatic heterocycles. The molecule has 0 aromatic carbocycles. The van der Waals surface area contributed by atoms with E-state index in [1.807, 2.05) is 0 Å². The zero-order valence-corrected chi connectivity index (χ0v) is 4.44. The standard InChI is InChI=1S/C4H9O4/c1-2(5)3(6)4(7)8/h2-3,5-8H,1H3. The molecule has 0 bridgehead atoms. The van der Waals surface area contributed by atoms with Crippen LogP contribution in [0.5, 0.6) is 0 Å². The Morgan fingerprint density at radius 3 is 1.62 bits per heavy atom. The summed E-state index contributed by atoms with van der Waals surface area (Å²) in [7, 11) is 0. The first-order valence-corrected chi connectivity index (χ1v) is 2.16. The molecule has 1 radical (unpaired) electrons. The molecule has 2 atom stereocenters. The van der Waals surface area contributed by atoms with Gasteiger partial charge in [-0.25, -0.2) is 0 Å². The number of hydrogen-bond acceptors (Lipinski definition) is 4. The van der Waals surface area contributed by atoms with Crippen LogP contribution in [0.2, 0.25) is 0 Å². The third-order valence-corrected chi connectivity index (χ3v) is 0.721. The third kappa shape index (κ3) is 2.23. The largest absolute Gasteiger partial charge is 0.390 e. The maximum atomic E-state index is 8.42. The van der Waals surface area contributed by atoms with Crippen molar-refractivity contribution in [1.29, 1.82) is 0 Å². The Labute approximate surface area is 47.0 Å². The maximum absolute atomic E-state index is 8.42. The number of rotatable bonds is 2. The molecule has 0 aromatic heterocycles. The van der Waals surface area contributed by atoms with Gasteiger partial charge in [0.15, 0.2) is 0 Å². The topological polar surface area (TPSA) is 80.9 Å². The molecule has 0 saturated heterocycles. The summed E-state index contributed by atoms with van der Waals surface area (Å²) in [5.74, 6) is 0. The van der Waals surface area contributed by atoms with Gasteiger partial charge in [-0.1, -0.05) is 0 Å². The quantitative estimate of drug-likeness (QED) is 0.376. The zero-order valence-electron chi connectivity index (χ0n) is 4.44. The molecule has 49 valence electrons. The van der Waals surface area contributed by atoms with Crippen LogP contribution in [0.25, 0.3) is 0 Å². The fourth-order valence-corrected chi connectivity index (χ4v) is 0.216. The van der Waals surface area contributed by atoms with E-state index in [1.54, 1.807) is 0 Å². The van der Waals surface area contributed by atoms with Gasteiger partial charge < -0.3 is 20.4 Å². The molecule has 0 aliphatic rings. The van der Waals surface area contributed by atoms with Crippen LogP contribution in [0.15, 0.2) is 0 Å². The van der Waals surface area contributed by atoms with E-state index in [-0.39, 0.29) is 0 Å². The summed E-state index contributed by atoms with van der Waals surface area (Å²) >= 11 is 0. The van der Waals surface area contributed by atoms with Crippen LogP contribution < -0.4 is 0 Å². The first kappa shape index (κ1) is 7.84. The van der Waals surface area contributed by atoms with E-state index in [1.165, 1.54) is 6.92 Å². The summed E-state index contributed by atoms with van der Waals surface area (Å²) in [6.07, 6.45) is -3.84. The van der Waals surface area contributed by atoms with Gasteiger partial charge in [0, 0.05) is 0 Å². The Bertz CT molecular complexity index is 53.1. The lowest BCUT2D eigenvalue weighted by Gasteiger charge is -2.12. The summed E-state index contributed by atoms with van der Waals surface area (Å²) in [4.78, 5) is 0. The average molecular weight is 121 g/mol. The summed E-state index contributed by atoms with van der Waals surface area (Å²) in [6.45, 7) is 1.25. The first-order chi connectivity index (χ1) is 3.55. The van der Waals surface area contributed by atoms with Crippen molar-refractivity contribution in [2.45, 2.75) is 19.1 Å². The second-order valence-corrected chi connectivity index (χ2v) is 1.54. The van der Waals surface area contributed by atoms with Crippen LogP contribution in [-0.2, 0) is 0 Å². The van der Waals surface area contributed by atoms with Crippen LogP contribution in [0, 0.1) is 6.29 Å². The Balaban J connectivity index is 3.46. The van der Waals surface area contributed by atoms with Crippen molar-refractivity contribution in [3.8, 4) is 0 Å². The molecule has 8 heavy (non-hydrogen) atoms. The van der Waals surface area contributed by atoms with E-state index in [9.17, 15) is 0 Å². The SMILES string of the molecule is CC(O)C(O)[C](O)O. The second-order valence-electron chi connectivity index (χ2n) is 1.54. The number of hydrogen-bond donors (Lipinski definition) is 4. The van der Waals surface area contributed by atoms with Crippen molar-refractivity contribution in [3.63, 3.8) is 0 Å². The fourth-order valence-electron chi connectivity index (χ4n) is 0.216. The zero-order chi connectivity index (χ0) is 6.73. The van der Waals surface area contributed by atoms with E-state index < -0.39 is 18.5 Å². The van der Waals surface area contributed by atoms with Crippen molar-refractivity contribution in [1.82, 2.24) is 0 Å². The molecule has 0 aliphatic carbocycles. The van der Waals surface area contributed by atoms with Crippen molar-refractivity contribution >= 4 is 0 Å². The fraction of sp³-hybridized carbons (Fsp3) is 0.750. The van der Waals surface area contributed by atoms with Crippen LogP contribution in [-0.4, -0.2) is 32.6 Å². The van der Waals surface area contributed by atoms with Crippen LogP contribution in [0.3, 0.4) is 0 Å². The highest BCUT2D eigenvalue weighted by Gasteiger charge is 2.19. The third-order valence-electron chi connectivity index (χ3n) is 0.721. The van der Waals surface area contributed by atoms with E-state index in [0.29, 0.717) is 0 Å². The van der Waals surface area contributed by atoms with Crippen molar-refractivity contribution < 1.29 is 20.4 Å². The van der Waals surface area contributed by atoms with Crippen molar-refractivity contribution in [2.75, 3.05) is 0 Å².